The molecule has 18 heavy (non-hydrogen) atoms. The van der Waals surface area contributed by atoms with Crippen molar-refractivity contribution in [3.8, 4) is 0 Å². The van der Waals surface area contributed by atoms with E-state index < -0.39 is 0 Å². The maximum atomic E-state index is 5.71. The van der Waals surface area contributed by atoms with E-state index in [4.69, 9.17) is 5.73 Å². The summed E-state index contributed by atoms with van der Waals surface area (Å²) in [5.74, 6) is 0.447. The number of aliphatic imine (C=N–C) groups is 1. The van der Waals surface area contributed by atoms with Gasteiger partial charge in [0.1, 0.15) is 0 Å². The monoisotopic (exact) mass is 239 g/mol. The quantitative estimate of drug-likeness (QED) is 0.489. The highest BCUT2D eigenvalue weighted by atomic mass is 15.1. The first kappa shape index (κ1) is 12.2. The van der Waals surface area contributed by atoms with E-state index in [9.17, 15) is 0 Å². The minimum absolute atomic E-state index is 0.447. The zero-order valence-electron chi connectivity index (χ0n) is 10.3. The highest BCUT2D eigenvalue weighted by molar-refractivity contribution is 5.83. The number of fused-ring (bicyclic) bond motifs is 1. The van der Waals surface area contributed by atoms with Gasteiger partial charge < -0.3 is 11.1 Å². The molecule has 2 aromatic carbocycles. The fourth-order valence-corrected chi connectivity index (χ4v) is 1.75. The summed E-state index contributed by atoms with van der Waals surface area (Å²) in [6, 6.07) is 14.6. The standard InChI is InChI=1S/C15H17N3/c1-2-9-17-15(16)18-11-12-7-8-13-5-3-4-6-14(13)10-12/h2-8,10H,1,9,11H2,(H3,16,17,18). The zero-order valence-corrected chi connectivity index (χ0v) is 10.3. The summed E-state index contributed by atoms with van der Waals surface area (Å²) < 4.78 is 0. The molecule has 3 N–H and O–H groups in total. The minimum Gasteiger partial charge on any atom is -0.370 e. The smallest absolute Gasteiger partial charge is 0.189 e. The number of benzene rings is 2. The van der Waals surface area contributed by atoms with Crippen molar-refractivity contribution in [2.24, 2.45) is 10.7 Å². The van der Waals surface area contributed by atoms with Crippen LogP contribution in [0.5, 0.6) is 0 Å². The molecule has 0 amide bonds. The Morgan fingerprint density at radius 3 is 2.78 bits per heavy atom. The van der Waals surface area contributed by atoms with Gasteiger partial charge in [0.2, 0.25) is 0 Å². The molecular formula is C15H17N3. The van der Waals surface area contributed by atoms with E-state index >= 15 is 0 Å². The van der Waals surface area contributed by atoms with Gasteiger partial charge in [-0.25, -0.2) is 4.99 Å². The van der Waals surface area contributed by atoms with Crippen molar-refractivity contribution in [3.05, 3.63) is 60.7 Å². The van der Waals surface area contributed by atoms with E-state index in [1.807, 2.05) is 12.1 Å². The molecule has 0 spiro atoms. The Morgan fingerprint density at radius 2 is 2.00 bits per heavy atom. The number of nitrogens with one attached hydrogen (secondary N) is 1. The third-order valence-electron chi connectivity index (χ3n) is 2.67. The van der Waals surface area contributed by atoms with Crippen molar-refractivity contribution in [2.45, 2.75) is 6.54 Å². The van der Waals surface area contributed by atoms with Crippen molar-refractivity contribution in [2.75, 3.05) is 6.54 Å². The molecule has 0 aromatic heterocycles. The van der Waals surface area contributed by atoms with E-state index in [-0.39, 0.29) is 0 Å². The fraction of sp³-hybridized carbons (Fsp3) is 0.133. The SMILES string of the molecule is C=CCNC(N)=NCc1ccc2ccccc2c1. The summed E-state index contributed by atoms with van der Waals surface area (Å²) in [6.45, 7) is 4.83. The van der Waals surface area contributed by atoms with Crippen LogP contribution in [0.25, 0.3) is 10.8 Å². The molecule has 0 unspecified atom stereocenters. The Labute approximate surface area is 107 Å². The van der Waals surface area contributed by atoms with Gasteiger partial charge in [0.05, 0.1) is 6.54 Å². The molecule has 2 aromatic rings. The third kappa shape index (κ3) is 3.10. The molecule has 0 atom stereocenters. The summed E-state index contributed by atoms with van der Waals surface area (Å²) in [4.78, 5) is 4.27. The first-order chi connectivity index (χ1) is 8.79. The Morgan fingerprint density at radius 1 is 1.22 bits per heavy atom. The largest absolute Gasteiger partial charge is 0.370 e. The number of nitrogens with two attached hydrogens (primary N) is 1. The first-order valence-corrected chi connectivity index (χ1v) is 5.92. The lowest BCUT2D eigenvalue weighted by molar-refractivity contribution is 0.971. The molecule has 3 nitrogen and oxygen atoms in total. The van der Waals surface area contributed by atoms with Crippen LogP contribution in [0.15, 0.2) is 60.1 Å². The summed E-state index contributed by atoms with van der Waals surface area (Å²) in [7, 11) is 0. The van der Waals surface area contributed by atoms with Gasteiger partial charge in [-0.2, -0.15) is 0 Å². The lowest BCUT2D eigenvalue weighted by Gasteiger charge is -2.03. The molecule has 92 valence electrons. The summed E-state index contributed by atoms with van der Waals surface area (Å²) >= 11 is 0. The molecule has 2 rings (SSSR count). The Hall–Kier alpha value is -2.29. The van der Waals surface area contributed by atoms with Crippen molar-refractivity contribution in [3.63, 3.8) is 0 Å². The molecule has 0 aliphatic heterocycles. The Balaban J connectivity index is 2.10. The van der Waals surface area contributed by atoms with Gasteiger partial charge in [-0.1, -0.05) is 42.5 Å². The van der Waals surface area contributed by atoms with E-state index in [0.29, 0.717) is 19.0 Å². The number of hydrogen-bond acceptors (Lipinski definition) is 1. The van der Waals surface area contributed by atoms with Gasteiger partial charge in [0, 0.05) is 6.54 Å². The molecule has 0 radical (unpaired) electrons. The van der Waals surface area contributed by atoms with E-state index in [1.54, 1.807) is 6.08 Å². The van der Waals surface area contributed by atoms with Crippen molar-refractivity contribution >= 4 is 16.7 Å². The van der Waals surface area contributed by atoms with Gasteiger partial charge in [0.25, 0.3) is 0 Å². The van der Waals surface area contributed by atoms with E-state index in [2.05, 4.69) is 47.2 Å². The van der Waals surface area contributed by atoms with Crippen LogP contribution in [0.3, 0.4) is 0 Å². The topological polar surface area (TPSA) is 50.4 Å². The van der Waals surface area contributed by atoms with Crippen molar-refractivity contribution < 1.29 is 0 Å². The molecule has 0 saturated heterocycles. The normalized spacial score (nSPS) is 11.4. The van der Waals surface area contributed by atoms with Gasteiger partial charge in [-0.15, -0.1) is 6.58 Å². The van der Waals surface area contributed by atoms with Crippen LogP contribution >= 0.6 is 0 Å². The maximum absolute atomic E-state index is 5.71. The summed E-state index contributed by atoms with van der Waals surface area (Å²) in [6.07, 6.45) is 1.75. The number of hydrogen-bond donors (Lipinski definition) is 2. The van der Waals surface area contributed by atoms with Crippen LogP contribution in [0.4, 0.5) is 0 Å². The second kappa shape index (κ2) is 5.87. The molecule has 0 heterocycles. The van der Waals surface area contributed by atoms with Gasteiger partial charge in [0.15, 0.2) is 5.96 Å². The van der Waals surface area contributed by atoms with E-state index in [1.165, 1.54) is 10.8 Å². The molecular weight excluding hydrogens is 222 g/mol. The Bertz CT molecular complexity index is 573. The average molecular weight is 239 g/mol. The first-order valence-electron chi connectivity index (χ1n) is 5.92. The van der Waals surface area contributed by atoms with Gasteiger partial charge >= 0.3 is 0 Å². The van der Waals surface area contributed by atoms with Crippen LogP contribution in [0, 0.1) is 0 Å². The second-order valence-corrected chi connectivity index (χ2v) is 4.05. The number of guanidine groups is 1. The number of rotatable bonds is 4. The van der Waals surface area contributed by atoms with Crippen LogP contribution < -0.4 is 11.1 Å². The highest BCUT2D eigenvalue weighted by Gasteiger charge is 1.96. The molecule has 0 fully saturated rings. The summed E-state index contributed by atoms with van der Waals surface area (Å²) in [5.41, 5.74) is 6.86. The van der Waals surface area contributed by atoms with E-state index in [0.717, 1.165) is 5.56 Å². The maximum Gasteiger partial charge on any atom is 0.189 e. The fourth-order valence-electron chi connectivity index (χ4n) is 1.75. The molecule has 0 bridgehead atoms. The second-order valence-electron chi connectivity index (χ2n) is 4.05. The minimum atomic E-state index is 0.447. The molecule has 0 aliphatic carbocycles. The third-order valence-corrected chi connectivity index (χ3v) is 2.67. The molecule has 0 aliphatic rings. The summed E-state index contributed by atoms with van der Waals surface area (Å²) in [5, 5.41) is 5.41. The van der Waals surface area contributed by atoms with Gasteiger partial charge in [-0.3, -0.25) is 0 Å². The lowest BCUT2D eigenvalue weighted by Crippen LogP contribution is -2.31. The van der Waals surface area contributed by atoms with Crippen LogP contribution in [0.2, 0.25) is 0 Å². The predicted molar refractivity (Wildman–Crippen MR) is 77.5 cm³/mol. The molecule has 0 saturated carbocycles. The van der Waals surface area contributed by atoms with Crippen LogP contribution in [0.1, 0.15) is 5.56 Å². The number of nitrogens with zero attached hydrogens (tertiary/aromatic N) is 1. The lowest BCUT2D eigenvalue weighted by atomic mass is 10.1. The predicted octanol–water partition coefficient (Wildman–Crippen LogP) is 2.43. The van der Waals surface area contributed by atoms with Gasteiger partial charge in [-0.05, 0) is 22.4 Å². The average Bonchev–Trinajstić information content (AvgIpc) is 2.42. The Kier molecular flexibility index (Phi) is 3.97. The molecule has 3 heteroatoms. The van der Waals surface area contributed by atoms with Crippen molar-refractivity contribution in [1.29, 1.82) is 0 Å². The zero-order chi connectivity index (χ0) is 12.8. The van der Waals surface area contributed by atoms with Crippen LogP contribution in [-0.4, -0.2) is 12.5 Å². The van der Waals surface area contributed by atoms with Crippen LogP contribution in [-0.2, 0) is 6.54 Å². The van der Waals surface area contributed by atoms with Crippen molar-refractivity contribution in [1.82, 2.24) is 5.32 Å². The highest BCUT2D eigenvalue weighted by Crippen LogP contribution is 2.15.